The SMILES string of the molecule is Cc1nn(C)c(C)c1CN1C(=O)C[C@@H](C(=O)O)[C@@H]1c1ccccc1. The van der Waals surface area contributed by atoms with Crippen LogP contribution in [0.4, 0.5) is 0 Å². The van der Waals surface area contributed by atoms with E-state index in [9.17, 15) is 14.7 Å². The predicted octanol–water partition coefficient (Wildman–Crippen LogP) is 2.21. The maximum Gasteiger partial charge on any atom is 0.309 e. The fourth-order valence-corrected chi connectivity index (χ4v) is 3.48. The molecular formula is C18H21N3O3. The number of aryl methyl sites for hydroxylation is 2. The first-order valence-electron chi connectivity index (χ1n) is 7.96. The molecule has 126 valence electrons. The number of amides is 1. The van der Waals surface area contributed by atoms with Crippen molar-refractivity contribution in [1.82, 2.24) is 14.7 Å². The Morgan fingerprint density at radius 1 is 1.29 bits per heavy atom. The number of hydrogen-bond acceptors (Lipinski definition) is 3. The summed E-state index contributed by atoms with van der Waals surface area (Å²) in [5.41, 5.74) is 3.70. The third-order valence-electron chi connectivity index (χ3n) is 4.88. The van der Waals surface area contributed by atoms with Gasteiger partial charge in [0.1, 0.15) is 0 Å². The number of carboxylic acid groups (broad SMARTS) is 1. The largest absolute Gasteiger partial charge is 0.481 e. The van der Waals surface area contributed by atoms with Crippen LogP contribution in [-0.2, 0) is 23.2 Å². The molecule has 6 heteroatoms. The maximum atomic E-state index is 12.5. The molecular weight excluding hydrogens is 306 g/mol. The van der Waals surface area contributed by atoms with Crippen molar-refractivity contribution in [1.29, 1.82) is 0 Å². The second kappa shape index (κ2) is 6.11. The van der Waals surface area contributed by atoms with E-state index in [1.165, 1.54) is 0 Å². The number of benzene rings is 1. The van der Waals surface area contributed by atoms with Crippen molar-refractivity contribution >= 4 is 11.9 Å². The molecule has 0 spiro atoms. The summed E-state index contributed by atoms with van der Waals surface area (Å²) >= 11 is 0. The molecule has 3 rings (SSSR count). The third-order valence-corrected chi connectivity index (χ3v) is 4.88. The number of rotatable bonds is 4. The average molecular weight is 327 g/mol. The highest BCUT2D eigenvalue weighted by Crippen LogP contribution is 2.39. The van der Waals surface area contributed by atoms with Crippen LogP contribution in [0.15, 0.2) is 30.3 Å². The van der Waals surface area contributed by atoms with Crippen LogP contribution >= 0.6 is 0 Å². The number of aliphatic carboxylic acids is 1. The van der Waals surface area contributed by atoms with Crippen LogP contribution in [0.5, 0.6) is 0 Å². The van der Waals surface area contributed by atoms with E-state index in [0.29, 0.717) is 6.54 Å². The molecule has 0 aliphatic carbocycles. The van der Waals surface area contributed by atoms with Crippen molar-refractivity contribution in [3.05, 3.63) is 52.8 Å². The lowest BCUT2D eigenvalue weighted by atomic mass is 9.93. The Morgan fingerprint density at radius 3 is 2.50 bits per heavy atom. The Morgan fingerprint density at radius 2 is 1.96 bits per heavy atom. The zero-order valence-electron chi connectivity index (χ0n) is 14.1. The molecule has 6 nitrogen and oxygen atoms in total. The molecule has 2 aromatic rings. The summed E-state index contributed by atoms with van der Waals surface area (Å²) in [6.07, 6.45) is 0.0350. The molecule has 0 radical (unpaired) electrons. The van der Waals surface area contributed by atoms with E-state index < -0.39 is 17.9 Å². The van der Waals surface area contributed by atoms with Gasteiger partial charge in [-0.25, -0.2) is 0 Å². The average Bonchev–Trinajstić information content (AvgIpc) is 3.00. The van der Waals surface area contributed by atoms with Crippen LogP contribution in [0.3, 0.4) is 0 Å². The standard InChI is InChI=1S/C18H21N3O3/c1-11-15(12(2)20(3)19-11)10-21-16(22)9-14(18(23)24)17(21)13-7-5-4-6-8-13/h4-8,14,17H,9-10H2,1-3H3,(H,23,24)/t14-,17+/m1/s1. The third kappa shape index (κ3) is 2.68. The van der Waals surface area contributed by atoms with Gasteiger partial charge >= 0.3 is 5.97 Å². The minimum Gasteiger partial charge on any atom is -0.481 e. The van der Waals surface area contributed by atoms with Gasteiger partial charge < -0.3 is 10.0 Å². The molecule has 1 saturated heterocycles. The first kappa shape index (κ1) is 16.2. The molecule has 0 bridgehead atoms. The molecule has 1 aromatic carbocycles. The van der Waals surface area contributed by atoms with Gasteiger partial charge in [0.25, 0.3) is 0 Å². The van der Waals surface area contributed by atoms with E-state index in [1.807, 2.05) is 51.2 Å². The smallest absolute Gasteiger partial charge is 0.309 e. The fourth-order valence-electron chi connectivity index (χ4n) is 3.48. The van der Waals surface area contributed by atoms with Crippen LogP contribution in [0.25, 0.3) is 0 Å². The lowest BCUT2D eigenvalue weighted by molar-refractivity contribution is -0.142. The van der Waals surface area contributed by atoms with Gasteiger partial charge in [-0.2, -0.15) is 5.10 Å². The summed E-state index contributed by atoms with van der Waals surface area (Å²) in [6, 6.07) is 8.95. The number of hydrogen-bond donors (Lipinski definition) is 1. The molecule has 0 unspecified atom stereocenters. The van der Waals surface area contributed by atoms with Gasteiger partial charge in [0.15, 0.2) is 0 Å². The molecule has 1 fully saturated rings. The monoisotopic (exact) mass is 327 g/mol. The predicted molar refractivity (Wildman–Crippen MR) is 88.2 cm³/mol. The van der Waals surface area contributed by atoms with Crippen molar-refractivity contribution in [3.63, 3.8) is 0 Å². The highest BCUT2D eigenvalue weighted by molar-refractivity contribution is 5.87. The highest BCUT2D eigenvalue weighted by atomic mass is 16.4. The lowest BCUT2D eigenvalue weighted by Gasteiger charge is -2.27. The van der Waals surface area contributed by atoms with Crippen molar-refractivity contribution in [3.8, 4) is 0 Å². The summed E-state index contributed by atoms with van der Waals surface area (Å²) in [5.74, 6) is -1.78. The molecule has 2 atom stereocenters. The Hall–Kier alpha value is -2.63. The number of nitrogens with zero attached hydrogens (tertiary/aromatic N) is 3. The molecule has 1 aliphatic heterocycles. The Labute approximate surface area is 140 Å². The second-order valence-corrected chi connectivity index (χ2v) is 6.30. The highest BCUT2D eigenvalue weighted by Gasteiger charge is 2.44. The Balaban J connectivity index is 2.00. The van der Waals surface area contributed by atoms with Gasteiger partial charge in [0, 0.05) is 31.3 Å². The molecule has 2 heterocycles. The molecule has 0 saturated carbocycles. The zero-order chi connectivity index (χ0) is 17.4. The van der Waals surface area contributed by atoms with Gasteiger partial charge in [0.05, 0.1) is 17.7 Å². The Bertz CT molecular complexity index is 782. The first-order valence-corrected chi connectivity index (χ1v) is 7.96. The van der Waals surface area contributed by atoms with Gasteiger partial charge in [-0.15, -0.1) is 0 Å². The van der Waals surface area contributed by atoms with Gasteiger partial charge in [-0.3, -0.25) is 14.3 Å². The molecule has 1 N–H and O–H groups in total. The van der Waals surface area contributed by atoms with Gasteiger partial charge in [0.2, 0.25) is 5.91 Å². The molecule has 1 amide bonds. The maximum absolute atomic E-state index is 12.5. The van der Waals surface area contributed by atoms with E-state index in [0.717, 1.165) is 22.5 Å². The number of carbonyl (C=O) groups excluding carboxylic acids is 1. The van der Waals surface area contributed by atoms with Crippen molar-refractivity contribution < 1.29 is 14.7 Å². The fraction of sp³-hybridized carbons (Fsp3) is 0.389. The van der Waals surface area contributed by atoms with Crippen molar-refractivity contribution in [2.45, 2.75) is 32.9 Å². The quantitative estimate of drug-likeness (QED) is 0.934. The van der Waals surface area contributed by atoms with Crippen LogP contribution in [-0.4, -0.2) is 31.7 Å². The van der Waals surface area contributed by atoms with E-state index in [-0.39, 0.29) is 12.3 Å². The van der Waals surface area contributed by atoms with Crippen LogP contribution in [0, 0.1) is 19.8 Å². The minimum absolute atomic E-state index is 0.0350. The molecule has 1 aromatic heterocycles. The first-order chi connectivity index (χ1) is 11.4. The summed E-state index contributed by atoms with van der Waals surface area (Å²) in [4.78, 5) is 25.9. The van der Waals surface area contributed by atoms with Crippen LogP contribution in [0.1, 0.15) is 35.0 Å². The number of carbonyl (C=O) groups is 2. The summed E-state index contributed by atoms with van der Waals surface area (Å²) in [7, 11) is 1.87. The van der Waals surface area contributed by atoms with Gasteiger partial charge in [-0.1, -0.05) is 30.3 Å². The number of aromatic nitrogens is 2. The summed E-state index contributed by atoms with van der Waals surface area (Å²) < 4.78 is 1.79. The molecule has 24 heavy (non-hydrogen) atoms. The van der Waals surface area contributed by atoms with E-state index in [4.69, 9.17) is 0 Å². The number of likely N-dealkylation sites (tertiary alicyclic amines) is 1. The number of carboxylic acids is 1. The normalized spacial score (nSPS) is 20.6. The topological polar surface area (TPSA) is 75.4 Å². The van der Waals surface area contributed by atoms with E-state index in [1.54, 1.807) is 9.58 Å². The van der Waals surface area contributed by atoms with E-state index in [2.05, 4.69) is 5.10 Å². The van der Waals surface area contributed by atoms with Gasteiger partial charge in [-0.05, 0) is 19.4 Å². The zero-order valence-corrected chi connectivity index (χ0v) is 14.1. The van der Waals surface area contributed by atoms with E-state index >= 15 is 0 Å². The van der Waals surface area contributed by atoms with Crippen molar-refractivity contribution in [2.75, 3.05) is 0 Å². The lowest BCUT2D eigenvalue weighted by Crippen LogP contribution is -2.30. The van der Waals surface area contributed by atoms with Crippen LogP contribution in [0.2, 0.25) is 0 Å². The van der Waals surface area contributed by atoms with Crippen LogP contribution < -0.4 is 0 Å². The summed E-state index contributed by atoms with van der Waals surface area (Å²) in [5, 5.41) is 14.0. The second-order valence-electron chi connectivity index (χ2n) is 6.30. The summed E-state index contributed by atoms with van der Waals surface area (Å²) in [6.45, 7) is 4.25. The minimum atomic E-state index is -0.931. The Kier molecular flexibility index (Phi) is 4.13. The molecule has 1 aliphatic rings. The van der Waals surface area contributed by atoms with Crippen molar-refractivity contribution in [2.24, 2.45) is 13.0 Å².